The number of nitrogens with two attached hydrogens (primary N) is 1. The number of thiocarbonyl (C=S) groups is 1. The zero-order valence-corrected chi connectivity index (χ0v) is 13.2. The number of nitrogens with one attached hydrogen (secondary N) is 1. The molecule has 0 aliphatic carbocycles. The molecule has 6 heteroatoms. The number of ether oxygens (including phenoxy) is 1. The van der Waals surface area contributed by atoms with E-state index < -0.39 is 12.0 Å². The molecule has 0 radical (unpaired) electrons. The summed E-state index contributed by atoms with van der Waals surface area (Å²) >= 11 is 4.89. The van der Waals surface area contributed by atoms with Crippen LogP contribution in [0.2, 0.25) is 0 Å². The highest BCUT2D eigenvalue weighted by Crippen LogP contribution is 2.09. The average Bonchev–Trinajstić information content (AvgIpc) is 2.45. The summed E-state index contributed by atoms with van der Waals surface area (Å²) in [5.41, 5.74) is 6.55. The Kier molecular flexibility index (Phi) is 6.30. The summed E-state index contributed by atoms with van der Waals surface area (Å²) in [6.45, 7) is 3.94. The molecule has 3 N–H and O–H groups in total. The minimum atomic E-state index is -0.670. The number of hydrogen-bond acceptors (Lipinski definition) is 4. The van der Waals surface area contributed by atoms with Crippen molar-refractivity contribution in [3.63, 3.8) is 0 Å². The van der Waals surface area contributed by atoms with Crippen molar-refractivity contribution in [3.8, 4) is 0 Å². The van der Waals surface area contributed by atoms with Crippen molar-refractivity contribution >= 4 is 29.1 Å². The summed E-state index contributed by atoms with van der Waals surface area (Å²) in [5, 5.41) is 2.68. The first-order valence-electron chi connectivity index (χ1n) is 6.63. The fraction of sp³-hybridized carbons (Fsp3) is 0.400. The van der Waals surface area contributed by atoms with E-state index in [-0.39, 0.29) is 16.8 Å². The third-order valence-electron chi connectivity index (χ3n) is 2.91. The Morgan fingerprint density at radius 1 is 1.33 bits per heavy atom. The van der Waals surface area contributed by atoms with Crippen LogP contribution in [-0.4, -0.2) is 30.0 Å². The van der Waals surface area contributed by atoms with Crippen molar-refractivity contribution < 1.29 is 14.3 Å². The molecule has 1 aromatic rings. The van der Waals surface area contributed by atoms with E-state index in [0.717, 1.165) is 0 Å². The van der Waals surface area contributed by atoms with Crippen molar-refractivity contribution in [3.05, 3.63) is 35.4 Å². The van der Waals surface area contributed by atoms with E-state index in [9.17, 15) is 9.59 Å². The van der Waals surface area contributed by atoms with Crippen LogP contribution in [-0.2, 0) is 9.53 Å². The minimum absolute atomic E-state index is 0.219. The molecular formula is C15H20N2O3S. The van der Waals surface area contributed by atoms with Crippen molar-refractivity contribution in [2.75, 3.05) is 7.11 Å². The van der Waals surface area contributed by atoms with E-state index in [2.05, 4.69) is 5.32 Å². The van der Waals surface area contributed by atoms with Gasteiger partial charge in [-0.05, 0) is 24.5 Å². The SMILES string of the molecule is COC(=O)C(CC(C)C)NC(=O)c1cccc(C(N)=S)c1. The molecular weight excluding hydrogens is 288 g/mol. The highest BCUT2D eigenvalue weighted by molar-refractivity contribution is 7.80. The molecule has 0 spiro atoms. The van der Waals surface area contributed by atoms with E-state index in [1.165, 1.54) is 7.11 Å². The second-order valence-corrected chi connectivity index (χ2v) is 5.56. The quantitative estimate of drug-likeness (QED) is 0.617. The number of methoxy groups -OCH3 is 1. The van der Waals surface area contributed by atoms with Crippen LogP contribution in [0.15, 0.2) is 24.3 Å². The van der Waals surface area contributed by atoms with Crippen molar-refractivity contribution in [2.45, 2.75) is 26.3 Å². The summed E-state index contributed by atoms with van der Waals surface area (Å²) in [6.07, 6.45) is 0.507. The van der Waals surface area contributed by atoms with Gasteiger partial charge in [-0.2, -0.15) is 0 Å². The molecule has 0 saturated carbocycles. The molecule has 0 heterocycles. The lowest BCUT2D eigenvalue weighted by atomic mass is 10.0. The molecule has 5 nitrogen and oxygen atoms in total. The topological polar surface area (TPSA) is 81.4 Å². The number of carbonyl (C=O) groups is 2. The lowest BCUT2D eigenvalue weighted by Crippen LogP contribution is -2.42. The van der Waals surface area contributed by atoms with Crippen LogP contribution in [0.1, 0.15) is 36.2 Å². The van der Waals surface area contributed by atoms with Crippen LogP contribution in [0.4, 0.5) is 0 Å². The van der Waals surface area contributed by atoms with Gasteiger partial charge in [0.1, 0.15) is 11.0 Å². The molecule has 114 valence electrons. The first kappa shape index (κ1) is 17.1. The first-order valence-corrected chi connectivity index (χ1v) is 7.04. The summed E-state index contributed by atoms with van der Waals surface area (Å²) in [5.74, 6) is -0.566. The van der Waals surface area contributed by atoms with Gasteiger partial charge >= 0.3 is 5.97 Å². The van der Waals surface area contributed by atoms with E-state index >= 15 is 0 Å². The molecule has 0 bridgehead atoms. The third-order valence-corrected chi connectivity index (χ3v) is 3.14. The van der Waals surface area contributed by atoms with Gasteiger partial charge in [0.05, 0.1) is 7.11 Å². The van der Waals surface area contributed by atoms with Gasteiger partial charge in [0, 0.05) is 11.1 Å². The maximum Gasteiger partial charge on any atom is 0.328 e. The molecule has 1 unspecified atom stereocenters. The van der Waals surface area contributed by atoms with Crippen LogP contribution in [0.25, 0.3) is 0 Å². The fourth-order valence-corrected chi connectivity index (χ4v) is 2.01. The maximum absolute atomic E-state index is 12.2. The van der Waals surface area contributed by atoms with Crippen molar-refractivity contribution in [1.82, 2.24) is 5.32 Å². The van der Waals surface area contributed by atoms with Gasteiger partial charge in [-0.3, -0.25) is 4.79 Å². The largest absolute Gasteiger partial charge is 0.467 e. The normalized spacial score (nSPS) is 11.8. The standard InChI is InChI=1S/C15H20N2O3S/c1-9(2)7-12(15(19)20-3)17-14(18)11-6-4-5-10(8-11)13(16)21/h4-6,8-9,12H,7H2,1-3H3,(H2,16,21)(H,17,18). The van der Waals surface area contributed by atoms with E-state index in [4.69, 9.17) is 22.7 Å². The Labute approximate surface area is 129 Å². The molecule has 0 aromatic heterocycles. The monoisotopic (exact) mass is 308 g/mol. The predicted octanol–water partition coefficient (Wildman–Crippen LogP) is 1.64. The van der Waals surface area contributed by atoms with Gasteiger partial charge in [-0.1, -0.05) is 38.2 Å². The highest BCUT2D eigenvalue weighted by Gasteiger charge is 2.23. The number of esters is 1. The lowest BCUT2D eigenvalue weighted by molar-refractivity contribution is -0.143. The molecule has 1 aromatic carbocycles. The Morgan fingerprint density at radius 2 is 1.95 bits per heavy atom. The van der Waals surface area contributed by atoms with Crippen molar-refractivity contribution in [1.29, 1.82) is 0 Å². The molecule has 1 rings (SSSR count). The van der Waals surface area contributed by atoms with Gasteiger partial charge in [0.15, 0.2) is 0 Å². The number of amides is 1. The lowest BCUT2D eigenvalue weighted by Gasteiger charge is -2.18. The summed E-state index contributed by atoms with van der Waals surface area (Å²) in [4.78, 5) is 24.2. The van der Waals surface area contributed by atoms with Gasteiger partial charge in [-0.15, -0.1) is 0 Å². The Bertz CT molecular complexity index is 543. The van der Waals surface area contributed by atoms with Crippen LogP contribution < -0.4 is 11.1 Å². The second kappa shape index (κ2) is 7.73. The van der Waals surface area contributed by atoms with Gasteiger partial charge < -0.3 is 15.8 Å². The minimum Gasteiger partial charge on any atom is -0.467 e. The number of hydrogen-bond donors (Lipinski definition) is 2. The Hall–Kier alpha value is -1.95. The summed E-state index contributed by atoms with van der Waals surface area (Å²) in [7, 11) is 1.30. The van der Waals surface area contributed by atoms with E-state index in [0.29, 0.717) is 17.5 Å². The van der Waals surface area contributed by atoms with Gasteiger partial charge in [0.2, 0.25) is 0 Å². The zero-order valence-electron chi connectivity index (χ0n) is 12.4. The summed E-state index contributed by atoms with van der Waals surface area (Å²) < 4.78 is 4.72. The van der Waals surface area contributed by atoms with Crippen LogP contribution in [0.5, 0.6) is 0 Å². The predicted molar refractivity (Wildman–Crippen MR) is 85.1 cm³/mol. The first-order chi connectivity index (χ1) is 9.85. The zero-order chi connectivity index (χ0) is 16.0. The van der Waals surface area contributed by atoms with Gasteiger partial charge in [0.25, 0.3) is 5.91 Å². The molecule has 0 fully saturated rings. The number of rotatable bonds is 6. The number of benzene rings is 1. The molecule has 0 aliphatic heterocycles. The highest BCUT2D eigenvalue weighted by atomic mass is 32.1. The van der Waals surface area contributed by atoms with Crippen LogP contribution in [0.3, 0.4) is 0 Å². The summed E-state index contributed by atoms with van der Waals surface area (Å²) in [6, 6.07) is 5.99. The second-order valence-electron chi connectivity index (χ2n) is 5.12. The van der Waals surface area contributed by atoms with Crippen LogP contribution in [0, 0.1) is 5.92 Å². The molecule has 1 amide bonds. The Morgan fingerprint density at radius 3 is 2.48 bits per heavy atom. The molecule has 0 aliphatic rings. The van der Waals surface area contributed by atoms with Gasteiger partial charge in [-0.25, -0.2) is 4.79 Å². The number of carbonyl (C=O) groups excluding carboxylic acids is 2. The molecule has 1 atom stereocenters. The fourth-order valence-electron chi connectivity index (χ4n) is 1.88. The smallest absolute Gasteiger partial charge is 0.328 e. The van der Waals surface area contributed by atoms with Crippen molar-refractivity contribution in [2.24, 2.45) is 11.7 Å². The van der Waals surface area contributed by atoms with E-state index in [1.807, 2.05) is 13.8 Å². The van der Waals surface area contributed by atoms with Crippen LogP contribution >= 0.6 is 12.2 Å². The molecule has 21 heavy (non-hydrogen) atoms. The molecule has 0 saturated heterocycles. The van der Waals surface area contributed by atoms with E-state index in [1.54, 1.807) is 24.3 Å². The average molecular weight is 308 g/mol. The maximum atomic E-state index is 12.2. The Balaban J connectivity index is 2.88. The third kappa shape index (κ3) is 5.15.